The number of nitrogens with one attached hydrogen (secondary N) is 1. The predicted molar refractivity (Wildman–Crippen MR) is 69.6 cm³/mol. The minimum atomic E-state index is -0.236. The zero-order chi connectivity index (χ0) is 12.8. The van der Waals surface area contributed by atoms with Crippen LogP contribution >= 0.6 is 11.6 Å². The lowest BCUT2D eigenvalue weighted by atomic mass is 10.0. The summed E-state index contributed by atoms with van der Waals surface area (Å²) in [6, 6.07) is 4.94. The third-order valence-corrected chi connectivity index (χ3v) is 4.89. The molecule has 0 amide bonds. The summed E-state index contributed by atoms with van der Waals surface area (Å²) in [6.45, 7) is 9.61. The lowest BCUT2D eigenvalue weighted by Crippen LogP contribution is -2.21. The molecule has 94 valence electrons. The average molecular weight is 256 g/mol. The largest absolute Gasteiger partial charge is 0.309 e. The monoisotopic (exact) mass is 255 g/mol. The van der Waals surface area contributed by atoms with Crippen LogP contribution < -0.4 is 5.32 Å². The normalized spacial score (nSPS) is 21.5. The lowest BCUT2D eigenvalue weighted by molar-refractivity contribution is 0.457. The molecule has 1 aromatic rings. The first-order valence-corrected chi connectivity index (χ1v) is 6.32. The van der Waals surface area contributed by atoms with Gasteiger partial charge in [0.1, 0.15) is 5.82 Å². The number of rotatable bonds is 3. The molecule has 0 bridgehead atoms. The summed E-state index contributed by atoms with van der Waals surface area (Å²) in [4.78, 5) is 0. The maximum absolute atomic E-state index is 13.1. The fraction of sp³-hybridized carbons (Fsp3) is 0.571. The summed E-state index contributed by atoms with van der Waals surface area (Å²) in [5, 5.41) is 4.09. The summed E-state index contributed by atoms with van der Waals surface area (Å²) in [5.74, 6) is -0.236. The number of hydrogen-bond donors (Lipinski definition) is 1. The molecule has 1 aliphatic rings. The highest BCUT2D eigenvalue weighted by Crippen LogP contribution is 2.62. The van der Waals surface area contributed by atoms with E-state index in [0.29, 0.717) is 17.6 Å². The van der Waals surface area contributed by atoms with Crippen LogP contribution in [0.25, 0.3) is 0 Å². The van der Waals surface area contributed by atoms with Crippen molar-refractivity contribution in [3.63, 3.8) is 0 Å². The molecule has 1 N–H and O–H groups in total. The van der Waals surface area contributed by atoms with Gasteiger partial charge < -0.3 is 5.32 Å². The van der Waals surface area contributed by atoms with Gasteiger partial charge in [0.15, 0.2) is 0 Å². The highest BCUT2D eigenvalue weighted by molar-refractivity contribution is 6.31. The summed E-state index contributed by atoms with van der Waals surface area (Å²) in [5.41, 5.74) is 1.39. The second kappa shape index (κ2) is 3.96. The summed E-state index contributed by atoms with van der Waals surface area (Å²) < 4.78 is 13.1. The molecule has 1 fully saturated rings. The SMILES string of the molecule is CC1(C)C(NCc2cc(F)ccc2Cl)C1(C)C. The van der Waals surface area contributed by atoms with E-state index in [4.69, 9.17) is 11.6 Å². The standard InChI is InChI=1S/C14H19ClFN/c1-13(2)12(14(13,3)4)17-8-9-7-10(16)5-6-11(9)15/h5-7,12,17H,8H2,1-4H3. The Bertz CT molecular complexity index is 426. The molecule has 1 nitrogen and oxygen atoms in total. The third kappa shape index (κ3) is 2.09. The average Bonchev–Trinajstić information content (AvgIpc) is 2.60. The summed E-state index contributed by atoms with van der Waals surface area (Å²) in [7, 11) is 0. The Morgan fingerprint density at radius 3 is 2.35 bits per heavy atom. The van der Waals surface area contributed by atoms with E-state index in [1.165, 1.54) is 12.1 Å². The molecule has 0 unspecified atom stereocenters. The Morgan fingerprint density at radius 1 is 1.24 bits per heavy atom. The minimum Gasteiger partial charge on any atom is -0.309 e. The van der Waals surface area contributed by atoms with E-state index in [1.54, 1.807) is 6.07 Å². The smallest absolute Gasteiger partial charge is 0.123 e. The van der Waals surface area contributed by atoms with Gasteiger partial charge in [-0.1, -0.05) is 39.3 Å². The van der Waals surface area contributed by atoms with Gasteiger partial charge in [0.2, 0.25) is 0 Å². The third-order valence-electron chi connectivity index (χ3n) is 4.53. The Hall–Kier alpha value is -0.600. The first-order chi connectivity index (χ1) is 7.76. The fourth-order valence-electron chi connectivity index (χ4n) is 2.60. The predicted octanol–water partition coefficient (Wildman–Crippen LogP) is 4.00. The molecule has 17 heavy (non-hydrogen) atoms. The van der Waals surface area contributed by atoms with Gasteiger partial charge >= 0.3 is 0 Å². The maximum Gasteiger partial charge on any atom is 0.123 e. The fourth-order valence-corrected chi connectivity index (χ4v) is 2.78. The molecule has 3 heteroatoms. The molecule has 0 spiro atoms. The second-order valence-electron chi connectivity index (χ2n) is 5.99. The number of halogens is 2. The Kier molecular flexibility index (Phi) is 2.99. The Balaban J connectivity index is 2.03. The van der Waals surface area contributed by atoms with E-state index in [-0.39, 0.29) is 16.6 Å². The first-order valence-electron chi connectivity index (χ1n) is 5.94. The van der Waals surface area contributed by atoms with Crippen molar-refractivity contribution in [3.8, 4) is 0 Å². The maximum atomic E-state index is 13.1. The van der Waals surface area contributed by atoms with Gasteiger partial charge in [-0.15, -0.1) is 0 Å². The van der Waals surface area contributed by atoms with Crippen molar-refractivity contribution < 1.29 is 4.39 Å². The molecule has 1 aromatic carbocycles. The van der Waals surface area contributed by atoms with Gasteiger partial charge in [-0.05, 0) is 34.6 Å². The van der Waals surface area contributed by atoms with Crippen molar-refractivity contribution in [3.05, 3.63) is 34.6 Å². The first kappa shape index (κ1) is 12.8. The van der Waals surface area contributed by atoms with Crippen molar-refractivity contribution in [1.29, 1.82) is 0 Å². The summed E-state index contributed by atoms with van der Waals surface area (Å²) in [6.07, 6.45) is 0. The van der Waals surface area contributed by atoms with Crippen LogP contribution in [-0.4, -0.2) is 6.04 Å². The molecule has 0 radical (unpaired) electrons. The quantitative estimate of drug-likeness (QED) is 0.861. The van der Waals surface area contributed by atoms with Crippen molar-refractivity contribution >= 4 is 11.6 Å². The molecule has 0 saturated heterocycles. The zero-order valence-electron chi connectivity index (χ0n) is 10.8. The van der Waals surface area contributed by atoms with Crippen LogP contribution in [0.15, 0.2) is 18.2 Å². The molecule has 0 aromatic heterocycles. The number of benzene rings is 1. The van der Waals surface area contributed by atoms with Crippen molar-refractivity contribution in [2.75, 3.05) is 0 Å². The second-order valence-corrected chi connectivity index (χ2v) is 6.40. The van der Waals surface area contributed by atoms with Gasteiger partial charge in [0.05, 0.1) is 0 Å². The minimum absolute atomic E-state index is 0.236. The lowest BCUT2D eigenvalue weighted by Gasteiger charge is -2.08. The molecule has 2 rings (SSSR count). The van der Waals surface area contributed by atoms with E-state index in [1.807, 2.05) is 0 Å². The molecule has 1 saturated carbocycles. The van der Waals surface area contributed by atoms with Crippen molar-refractivity contribution in [2.24, 2.45) is 10.8 Å². The highest BCUT2D eigenvalue weighted by atomic mass is 35.5. The van der Waals surface area contributed by atoms with Gasteiger partial charge in [0.25, 0.3) is 0 Å². The van der Waals surface area contributed by atoms with Crippen LogP contribution in [0, 0.1) is 16.6 Å². The topological polar surface area (TPSA) is 12.0 Å². The molecule has 0 atom stereocenters. The van der Waals surface area contributed by atoms with E-state index >= 15 is 0 Å². The van der Waals surface area contributed by atoms with Crippen LogP contribution in [0.4, 0.5) is 4.39 Å². The van der Waals surface area contributed by atoms with E-state index in [9.17, 15) is 4.39 Å². The van der Waals surface area contributed by atoms with E-state index < -0.39 is 0 Å². The Morgan fingerprint density at radius 2 is 1.82 bits per heavy atom. The van der Waals surface area contributed by atoms with Gasteiger partial charge in [-0.2, -0.15) is 0 Å². The van der Waals surface area contributed by atoms with Crippen molar-refractivity contribution in [1.82, 2.24) is 5.32 Å². The zero-order valence-corrected chi connectivity index (χ0v) is 11.5. The van der Waals surface area contributed by atoms with Gasteiger partial charge in [-0.25, -0.2) is 4.39 Å². The van der Waals surface area contributed by atoms with Crippen molar-refractivity contribution in [2.45, 2.75) is 40.3 Å². The molecular formula is C14H19ClFN. The van der Waals surface area contributed by atoms with Crippen LogP contribution in [0.3, 0.4) is 0 Å². The van der Waals surface area contributed by atoms with E-state index in [2.05, 4.69) is 33.0 Å². The Labute approximate surface area is 107 Å². The summed E-state index contributed by atoms with van der Waals surface area (Å²) >= 11 is 6.04. The van der Waals surface area contributed by atoms with Crippen LogP contribution in [0.5, 0.6) is 0 Å². The van der Waals surface area contributed by atoms with Gasteiger partial charge in [0, 0.05) is 17.6 Å². The van der Waals surface area contributed by atoms with Crippen LogP contribution in [0.1, 0.15) is 33.3 Å². The van der Waals surface area contributed by atoms with Gasteiger partial charge in [-0.3, -0.25) is 0 Å². The molecular weight excluding hydrogens is 237 g/mol. The van der Waals surface area contributed by atoms with Crippen LogP contribution in [-0.2, 0) is 6.54 Å². The van der Waals surface area contributed by atoms with Crippen LogP contribution in [0.2, 0.25) is 5.02 Å². The van der Waals surface area contributed by atoms with E-state index in [0.717, 1.165) is 5.56 Å². The molecule has 1 aliphatic carbocycles. The molecule has 0 aliphatic heterocycles. The molecule has 0 heterocycles. The highest BCUT2D eigenvalue weighted by Gasteiger charge is 2.64. The number of hydrogen-bond acceptors (Lipinski definition) is 1.